The number of nitrogens with zero attached hydrogens (tertiary/aromatic N) is 2. The molecule has 0 aliphatic heterocycles. The molecular formula is C22H23Cl2N5O2S. The van der Waals surface area contributed by atoms with E-state index in [4.69, 9.17) is 23.2 Å². The minimum Gasteiger partial charge on any atom is -0.326 e. The molecule has 10 heteroatoms. The van der Waals surface area contributed by atoms with Gasteiger partial charge in [-0.2, -0.15) is 0 Å². The minimum atomic E-state index is -0.769. The summed E-state index contributed by atoms with van der Waals surface area (Å²) in [6.07, 6.45) is 0.690. The zero-order chi connectivity index (χ0) is 23.3. The SMILES string of the molecule is CC[C@@H](C)[C@H](NC(=O)Nc1ccc(Cl)c(Cl)c1)C(=O)Nc1nnc(-c2cccc(C)c2)s1. The highest BCUT2D eigenvalue weighted by atomic mass is 35.5. The third-order valence-corrected chi connectivity index (χ3v) is 6.51. The molecule has 0 bridgehead atoms. The van der Waals surface area contributed by atoms with Crippen molar-refractivity contribution in [2.24, 2.45) is 5.92 Å². The van der Waals surface area contributed by atoms with Gasteiger partial charge in [-0.3, -0.25) is 10.1 Å². The lowest BCUT2D eigenvalue weighted by molar-refractivity contribution is -0.119. The Kier molecular flexibility index (Phi) is 8.06. The third kappa shape index (κ3) is 6.18. The van der Waals surface area contributed by atoms with Crippen LogP contribution in [0.2, 0.25) is 10.0 Å². The summed E-state index contributed by atoms with van der Waals surface area (Å²) < 4.78 is 0. The summed E-state index contributed by atoms with van der Waals surface area (Å²) in [5.74, 6) is -0.477. The number of aromatic nitrogens is 2. The largest absolute Gasteiger partial charge is 0.326 e. The molecule has 1 aromatic heterocycles. The van der Waals surface area contributed by atoms with Gasteiger partial charge in [0.25, 0.3) is 0 Å². The van der Waals surface area contributed by atoms with Crippen LogP contribution in [0.15, 0.2) is 42.5 Å². The highest BCUT2D eigenvalue weighted by Gasteiger charge is 2.27. The first-order chi connectivity index (χ1) is 15.3. The van der Waals surface area contributed by atoms with E-state index in [2.05, 4.69) is 26.1 Å². The molecule has 0 aliphatic rings. The number of anilines is 2. The van der Waals surface area contributed by atoms with Crippen molar-refractivity contribution in [1.82, 2.24) is 15.5 Å². The molecule has 0 saturated carbocycles. The molecule has 1 heterocycles. The lowest BCUT2D eigenvalue weighted by atomic mass is 9.98. The number of carbonyl (C=O) groups is 2. The lowest BCUT2D eigenvalue weighted by Gasteiger charge is -2.23. The van der Waals surface area contributed by atoms with E-state index >= 15 is 0 Å². The average Bonchev–Trinajstić information content (AvgIpc) is 3.22. The summed E-state index contributed by atoms with van der Waals surface area (Å²) in [5.41, 5.74) is 2.50. The van der Waals surface area contributed by atoms with E-state index in [1.807, 2.05) is 45.0 Å². The second-order valence-corrected chi connectivity index (χ2v) is 9.15. The van der Waals surface area contributed by atoms with Crippen molar-refractivity contribution in [2.75, 3.05) is 10.6 Å². The van der Waals surface area contributed by atoms with Crippen molar-refractivity contribution in [3.8, 4) is 10.6 Å². The van der Waals surface area contributed by atoms with Crippen LogP contribution in [-0.2, 0) is 4.79 Å². The number of urea groups is 1. The van der Waals surface area contributed by atoms with Crippen molar-refractivity contribution in [2.45, 2.75) is 33.2 Å². The Morgan fingerprint density at radius 3 is 2.53 bits per heavy atom. The van der Waals surface area contributed by atoms with Crippen LogP contribution in [0.1, 0.15) is 25.8 Å². The predicted molar refractivity (Wildman–Crippen MR) is 131 cm³/mol. The molecule has 0 fully saturated rings. The number of hydrogen-bond acceptors (Lipinski definition) is 5. The van der Waals surface area contributed by atoms with Crippen LogP contribution in [0.25, 0.3) is 10.6 Å². The van der Waals surface area contributed by atoms with Gasteiger partial charge in [-0.1, -0.05) is 78.6 Å². The second-order valence-electron chi connectivity index (χ2n) is 7.36. The lowest BCUT2D eigenvalue weighted by Crippen LogP contribution is -2.49. The van der Waals surface area contributed by atoms with E-state index < -0.39 is 12.1 Å². The van der Waals surface area contributed by atoms with Crippen LogP contribution in [0.4, 0.5) is 15.6 Å². The van der Waals surface area contributed by atoms with Crippen LogP contribution in [0, 0.1) is 12.8 Å². The number of amides is 3. The van der Waals surface area contributed by atoms with Gasteiger partial charge >= 0.3 is 6.03 Å². The van der Waals surface area contributed by atoms with Gasteiger partial charge in [0.1, 0.15) is 11.0 Å². The van der Waals surface area contributed by atoms with Gasteiger partial charge < -0.3 is 10.6 Å². The molecule has 0 spiro atoms. The molecule has 2 atom stereocenters. The Labute approximate surface area is 200 Å². The molecule has 0 unspecified atom stereocenters. The van der Waals surface area contributed by atoms with Gasteiger partial charge in [-0.15, -0.1) is 10.2 Å². The van der Waals surface area contributed by atoms with Gasteiger partial charge in [-0.05, 0) is 37.1 Å². The molecule has 3 aromatic rings. The van der Waals surface area contributed by atoms with Gasteiger partial charge in [0.15, 0.2) is 0 Å². The molecule has 3 N–H and O–H groups in total. The molecule has 0 saturated heterocycles. The maximum atomic E-state index is 12.9. The molecular weight excluding hydrogens is 469 g/mol. The summed E-state index contributed by atoms with van der Waals surface area (Å²) >= 11 is 13.2. The highest BCUT2D eigenvalue weighted by Crippen LogP contribution is 2.27. The van der Waals surface area contributed by atoms with Crippen LogP contribution >= 0.6 is 34.5 Å². The number of nitrogens with one attached hydrogen (secondary N) is 3. The van der Waals surface area contributed by atoms with Gasteiger partial charge in [0, 0.05) is 11.3 Å². The number of carbonyl (C=O) groups excluding carboxylic acids is 2. The molecule has 168 valence electrons. The van der Waals surface area contributed by atoms with Crippen molar-refractivity contribution >= 4 is 57.3 Å². The zero-order valence-corrected chi connectivity index (χ0v) is 20.1. The van der Waals surface area contributed by atoms with Gasteiger partial charge in [0.2, 0.25) is 11.0 Å². The average molecular weight is 492 g/mol. The number of aryl methyl sites for hydroxylation is 1. The smallest absolute Gasteiger partial charge is 0.319 e. The topological polar surface area (TPSA) is 96.0 Å². The van der Waals surface area contributed by atoms with Crippen LogP contribution in [-0.4, -0.2) is 28.2 Å². The van der Waals surface area contributed by atoms with Crippen molar-refractivity contribution in [3.05, 3.63) is 58.1 Å². The molecule has 3 amide bonds. The first-order valence-corrected chi connectivity index (χ1v) is 11.6. The number of halogens is 2. The molecule has 0 aliphatic carbocycles. The van der Waals surface area contributed by atoms with E-state index in [0.717, 1.165) is 11.1 Å². The van der Waals surface area contributed by atoms with E-state index in [0.29, 0.717) is 32.3 Å². The summed E-state index contributed by atoms with van der Waals surface area (Å²) in [5, 5.41) is 18.2. The Hall–Kier alpha value is -2.68. The fourth-order valence-electron chi connectivity index (χ4n) is 2.94. The Bertz CT molecular complexity index is 1120. The second kappa shape index (κ2) is 10.8. The van der Waals surface area contributed by atoms with Crippen LogP contribution in [0.5, 0.6) is 0 Å². The van der Waals surface area contributed by atoms with Crippen LogP contribution in [0.3, 0.4) is 0 Å². The summed E-state index contributed by atoms with van der Waals surface area (Å²) in [7, 11) is 0. The molecule has 3 rings (SSSR count). The van der Waals surface area contributed by atoms with Crippen LogP contribution < -0.4 is 16.0 Å². The normalized spacial score (nSPS) is 12.7. The van der Waals surface area contributed by atoms with Crippen molar-refractivity contribution in [1.29, 1.82) is 0 Å². The third-order valence-electron chi connectivity index (χ3n) is 4.88. The van der Waals surface area contributed by atoms with Gasteiger partial charge in [-0.25, -0.2) is 4.79 Å². The highest BCUT2D eigenvalue weighted by molar-refractivity contribution is 7.18. The Morgan fingerprint density at radius 1 is 1.06 bits per heavy atom. The molecule has 32 heavy (non-hydrogen) atoms. The molecule has 2 aromatic carbocycles. The molecule has 7 nitrogen and oxygen atoms in total. The quantitative estimate of drug-likeness (QED) is 0.377. The predicted octanol–water partition coefficient (Wildman–Crippen LogP) is 6.00. The first kappa shape index (κ1) is 24.0. The van der Waals surface area contributed by atoms with E-state index in [1.165, 1.54) is 17.4 Å². The standard InChI is InChI=1S/C22H23Cl2N5O2S/c1-4-13(3)18(26-21(31)25-15-8-9-16(23)17(24)11-15)19(30)27-22-29-28-20(32-22)14-7-5-6-12(2)10-14/h5-11,13,18H,4H2,1-3H3,(H2,25,26,31)(H,27,29,30)/t13-,18+/m1/s1. The fourth-order valence-corrected chi connectivity index (χ4v) is 3.98. The van der Waals surface area contributed by atoms with Gasteiger partial charge in [0.05, 0.1) is 10.0 Å². The molecule has 0 radical (unpaired) electrons. The fraction of sp³-hybridized carbons (Fsp3) is 0.273. The zero-order valence-electron chi connectivity index (χ0n) is 17.8. The number of rotatable bonds is 7. The maximum Gasteiger partial charge on any atom is 0.319 e. The summed E-state index contributed by atoms with van der Waals surface area (Å²) in [4.78, 5) is 25.5. The Morgan fingerprint density at radius 2 is 1.84 bits per heavy atom. The maximum absolute atomic E-state index is 12.9. The van der Waals surface area contributed by atoms with E-state index in [9.17, 15) is 9.59 Å². The summed E-state index contributed by atoms with van der Waals surface area (Å²) in [6, 6.07) is 11.3. The number of hydrogen-bond donors (Lipinski definition) is 3. The summed E-state index contributed by atoms with van der Waals surface area (Å²) in [6.45, 7) is 5.84. The Balaban J connectivity index is 1.68. The van der Waals surface area contributed by atoms with Crippen molar-refractivity contribution < 1.29 is 9.59 Å². The van der Waals surface area contributed by atoms with E-state index in [-0.39, 0.29) is 11.8 Å². The van der Waals surface area contributed by atoms with E-state index in [1.54, 1.807) is 12.1 Å². The first-order valence-electron chi connectivity index (χ1n) is 10.0. The van der Waals surface area contributed by atoms with Crippen molar-refractivity contribution in [3.63, 3.8) is 0 Å². The monoisotopic (exact) mass is 491 g/mol. The minimum absolute atomic E-state index is 0.112. The number of benzene rings is 2.